The van der Waals surface area contributed by atoms with Gasteiger partial charge >= 0.3 is 6.18 Å². The van der Waals surface area contributed by atoms with Gasteiger partial charge in [-0.3, -0.25) is 9.59 Å². The van der Waals surface area contributed by atoms with Gasteiger partial charge in [-0.1, -0.05) is 0 Å². The largest absolute Gasteiger partial charge is 0.405 e. The van der Waals surface area contributed by atoms with Crippen molar-refractivity contribution >= 4 is 11.8 Å². The molecule has 1 unspecified atom stereocenters. The Balaban J connectivity index is 2.44. The maximum Gasteiger partial charge on any atom is 0.405 e. The normalized spacial score (nSPS) is 23.2. The minimum absolute atomic E-state index is 0.285. The first-order chi connectivity index (χ1) is 8.64. The molecule has 0 radical (unpaired) electrons. The van der Waals surface area contributed by atoms with Crippen molar-refractivity contribution in [3.05, 3.63) is 0 Å². The fourth-order valence-corrected chi connectivity index (χ4v) is 2.04. The predicted octanol–water partition coefficient (Wildman–Crippen LogP) is 0.265. The lowest BCUT2D eigenvalue weighted by molar-refractivity contribution is -0.143. The zero-order valence-electron chi connectivity index (χ0n) is 10.9. The minimum Gasteiger partial charge on any atom is -0.345 e. The summed E-state index contributed by atoms with van der Waals surface area (Å²) in [6, 6.07) is 0. The fourth-order valence-electron chi connectivity index (χ4n) is 2.04. The van der Waals surface area contributed by atoms with Crippen LogP contribution in [0.3, 0.4) is 0 Å². The highest BCUT2D eigenvalue weighted by Gasteiger charge is 2.38. The molecule has 0 saturated carbocycles. The Morgan fingerprint density at radius 1 is 1.42 bits per heavy atom. The monoisotopic (exact) mass is 281 g/mol. The second kappa shape index (κ2) is 5.77. The van der Waals surface area contributed by atoms with E-state index in [4.69, 9.17) is 0 Å². The van der Waals surface area contributed by atoms with Crippen LogP contribution < -0.4 is 10.6 Å². The quantitative estimate of drug-likeness (QED) is 0.777. The summed E-state index contributed by atoms with van der Waals surface area (Å²) in [6.07, 6.45) is -2.94. The topological polar surface area (TPSA) is 61.4 Å². The van der Waals surface area contributed by atoms with Crippen molar-refractivity contribution < 1.29 is 22.8 Å². The number of amides is 2. The van der Waals surface area contributed by atoms with Gasteiger partial charge in [0.25, 0.3) is 0 Å². The molecule has 5 nitrogen and oxygen atoms in total. The average Bonchev–Trinajstić information content (AvgIpc) is 2.73. The number of carbonyl (C=O) groups is 2. The van der Waals surface area contributed by atoms with Gasteiger partial charge in [0.15, 0.2) is 0 Å². The zero-order valence-corrected chi connectivity index (χ0v) is 10.9. The summed E-state index contributed by atoms with van der Waals surface area (Å²) in [6.45, 7) is 0.679. The van der Waals surface area contributed by atoms with Crippen LogP contribution in [0.5, 0.6) is 0 Å². The van der Waals surface area contributed by atoms with E-state index in [0.29, 0.717) is 6.42 Å². The Labute approximate surface area is 109 Å². The molecule has 1 aliphatic rings. The molecule has 1 aliphatic heterocycles. The summed E-state index contributed by atoms with van der Waals surface area (Å²) in [5, 5.41) is 4.77. The first-order valence-corrected chi connectivity index (χ1v) is 5.98. The Kier molecular flexibility index (Phi) is 4.78. The predicted molar refractivity (Wildman–Crippen MR) is 62.3 cm³/mol. The summed E-state index contributed by atoms with van der Waals surface area (Å²) in [5.41, 5.74) is -0.723. The van der Waals surface area contributed by atoms with Crippen LogP contribution in [0.15, 0.2) is 0 Å². The molecule has 1 saturated heterocycles. The van der Waals surface area contributed by atoms with E-state index in [-0.39, 0.29) is 12.5 Å². The molecule has 2 amide bonds. The van der Waals surface area contributed by atoms with E-state index >= 15 is 0 Å². The SMILES string of the molecule is CN(CC(=O)NCC(F)(F)F)C(=O)C1(C)CCCN1. The van der Waals surface area contributed by atoms with Crippen LogP contribution in [-0.4, -0.2) is 55.1 Å². The molecule has 0 aliphatic carbocycles. The van der Waals surface area contributed by atoms with Gasteiger partial charge in [-0.25, -0.2) is 0 Å². The number of nitrogens with one attached hydrogen (secondary N) is 2. The smallest absolute Gasteiger partial charge is 0.345 e. The first kappa shape index (κ1) is 15.7. The van der Waals surface area contributed by atoms with E-state index in [0.717, 1.165) is 17.9 Å². The van der Waals surface area contributed by atoms with Gasteiger partial charge in [0.05, 0.1) is 12.1 Å². The van der Waals surface area contributed by atoms with Gasteiger partial charge in [-0.15, -0.1) is 0 Å². The molecule has 0 spiro atoms. The summed E-state index contributed by atoms with van der Waals surface area (Å²) in [7, 11) is 1.40. The van der Waals surface area contributed by atoms with Crippen molar-refractivity contribution in [1.82, 2.24) is 15.5 Å². The Hall–Kier alpha value is -1.31. The Morgan fingerprint density at radius 2 is 2.05 bits per heavy atom. The first-order valence-electron chi connectivity index (χ1n) is 5.98. The van der Waals surface area contributed by atoms with Gasteiger partial charge in [-0.2, -0.15) is 13.2 Å². The second-order valence-electron chi connectivity index (χ2n) is 4.92. The average molecular weight is 281 g/mol. The van der Waals surface area contributed by atoms with Crippen molar-refractivity contribution in [3.63, 3.8) is 0 Å². The summed E-state index contributed by atoms with van der Waals surface area (Å²) in [5.74, 6) is -1.11. The van der Waals surface area contributed by atoms with Gasteiger partial charge in [0, 0.05) is 7.05 Å². The summed E-state index contributed by atoms with van der Waals surface area (Å²) < 4.78 is 35.7. The highest BCUT2D eigenvalue weighted by atomic mass is 19.4. The van der Waals surface area contributed by atoms with Crippen LogP contribution in [0.4, 0.5) is 13.2 Å². The Morgan fingerprint density at radius 3 is 2.53 bits per heavy atom. The Bertz CT molecular complexity index is 352. The van der Waals surface area contributed by atoms with Crippen LogP contribution >= 0.6 is 0 Å². The molecule has 1 fully saturated rings. The highest BCUT2D eigenvalue weighted by molar-refractivity contribution is 5.90. The van der Waals surface area contributed by atoms with Crippen LogP contribution in [0, 0.1) is 0 Å². The molecule has 0 bridgehead atoms. The molecular formula is C11H18F3N3O2. The third-order valence-corrected chi connectivity index (χ3v) is 3.05. The molecule has 1 heterocycles. The number of alkyl halides is 3. The molecule has 0 aromatic heterocycles. The van der Waals surface area contributed by atoms with E-state index in [2.05, 4.69) is 5.32 Å². The van der Waals surface area contributed by atoms with Crippen LogP contribution in [-0.2, 0) is 9.59 Å². The van der Waals surface area contributed by atoms with Crippen molar-refractivity contribution in [1.29, 1.82) is 0 Å². The summed E-state index contributed by atoms with van der Waals surface area (Å²) >= 11 is 0. The lowest BCUT2D eigenvalue weighted by atomic mass is 9.99. The molecule has 2 N–H and O–H groups in total. The molecule has 8 heteroatoms. The molecule has 19 heavy (non-hydrogen) atoms. The number of hydrogen-bond donors (Lipinski definition) is 2. The van der Waals surface area contributed by atoms with Gasteiger partial charge in [0.1, 0.15) is 6.54 Å². The van der Waals surface area contributed by atoms with E-state index in [9.17, 15) is 22.8 Å². The molecule has 1 atom stereocenters. The van der Waals surface area contributed by atoms with E-state index in [1.807, 2.05) is 0 Å². The molecular weight excluding hydrogens is 263 g/mol. The van der Waals surface area contributed by atoms with Crippen LogP contribution in [0.2, 0.25) is 0 Å². The second-order valence-corrected chi connectivity index (χ2v) is 4.92. The van der Waals surface area contributed by atoms with Gasteiger partial charge in [0.2, 0.25) is 11.8 Å². The highest BCUT2D eigenvalue weighted by Crippen LogP contribution is 2.20. The number of nitrogens with zero attached hydrogens (tertiary/aromatic N) is 1. The van der Waals surface area contributed by atoms with Crippen molar-refractivity contribution in [2.45, 2.75) is 31.5 Å². The number of likely N-dealkylation sites (N-methyl/N-ethyl adjacent to an activating group) is 1. The van der Waals surface area contributed by atoms with E-state index < -0.39 is 24.2 Å². The lowest BCUT2D eigenvalue weighted by Crippen LogP contribution is -2.53. The van der Waals surface area contributed by atoms with Crippen LogP contribution in [0.25, 0.3) is 0 Å². The number of carbonyl (C=O) groups excluding carboxylic acids is 2. The number of hydrogen-bond acceptors (Lipinski definition) is 3. The minimum atomic E-state index is -4.45. The molecule has 0 aromatic rings. The van der Waals surface area contributed by atoms with Gasteiger partial charge in [-0.05, 0) is 26.3 Å². The van der Waals surface area contributed by atoms with Crippen LogP contribution in [0.1, 0.15) is 19.8 Å². The van der Waals surface area contributed by atoms with Crippen molar-refractivity contribution in [3.8, 4) is 0 Å². The molecule has 110 valence electrons. The van der Waals surface area contributed by atoms with E-state index in [1.165, 1.54) is 7.05 Å². The zero-order chi connectivity index (χ0) is 14.7. The number of halogens is 3. The van der Waals surface area contributed by atoms with Crippen molar-refractivity contribution in [2.75, 3.05) is 26.7 Å². The van der Waals surface area contributed by atoms with Crippen molar-refractivity contribution in [2.24, 2.45) is 0 Å². The van der Waals surface area contributed by atoms with Gasteiger partial charge < -0.3 is 15.5 Å². The molecule has 0 aromatic carbocycles. The lowest BCUT2D eigenvalue weighted by Gasteiger charge is -2.28. The molecule has 1 rings (SSSR count). The standard InChI is InChI=1S/C11H18F3N3O2/c1-10(4-3-5-16-10)9(19)17(2)6-8(18)15-7-11(12,13)14/h16H,3-7H2,1-2H3,(H,15,18). The fraction of sp³-hybridized carbons (Fsp3) is 0.818. The maximum atomic E-state index is 12.1. The third kappa shape index (κ3) is 4.70. The third-order valence-electron chi connectivity index (χ3n) is 3.05. The van der Waals surface area contributed by atoms with E-state index in [1.54, 1.807) is 12.2 Å². The summed E-state index contributed by atoms with van der Waals surface area (Å²) in [4.78, 5) is 24.5. The maximum absolute atomic E-state index is 12.1. The number of rotatable bonds is 4.